The summed E-state index contributed by atoms with van der Waals surface area (Å²) in [7, 11) is 1.59. The lowest BCUT2D eigenvalue weighted by atomic mass is 10.1. The molecule has 1 atom stereocenters. The maximum absolute atomic E-state index is 11.7. The van der Waals surface area contributed by atoms with Gasteiger partial charge in [0.2, 0.25) is 0 Å². The molecule has 0 spiro atoms. The molecule has 0 unspecified atom stereocenters. The van der Waals surface area contributed by atoms with Crippen molar-refractivity contribution in [2.24, 2.45) is 0 Å². The molecule has 114 valence electrons. The molecule has 0 fully saturated rings. The number of carbonyl (C=O) groups excluding carboxylic acids is 1. The van der Waals surface area contributed by atoms with Crippen LogP contribution in [0.3, 0.4) is 0 Å². The maximum atomic E-state index is 11.7. The molecular formula is C16H16N2O3S. The molecule has 2 aromatic rings. The molecule has 0 N–H and O–H groups in total. The molecule has 1 heterocycles. The van der Waals surface area contributed by atoms with Gasteiger partial charge in [0, 0.05) is 5.39 Å². The summed E-state index contributed by atoms with van der Waals surface area (Å²) in [4.78, 5) is 16.2. The molecule has 22 heavy (non-hydrogen) atoms. The van der Waals surface area contributed by atoms with Crippen LogP contribution in [0.1, 0.15) is 19.4 Å². The van der Waals surface area contributed by atoms with Crippen LogP contribution in [0.5, 0.6) is 5.75 Å². The van der Waals surface area contributed by atoms with Gasteiger partial charge < -0.3 is 9.47 Å². The van der Waals surface area contributed by atoms with E-state index in [0.717, 1.165) is 10.9 Å². The van der Waals surface area contributed by atoms with Crippen LogP contribution >= 0.6 is 11.8 Å². The quantitative estimate of drug-likeness (QED) is 0.623. The van der Waals surface area contributed by atoms with E-state index in [1.54, 1.807) is 27.0 Å². The van der Waals surface area contributed by atoms with E-state index in [-0.39, 0.29) is 5.97 Å². The number of esters is 1. The van der Waals surface area contributed by atoms with E-state index in [1.165, 1.54) is 11.8 Å². The minimum atomic E-state index is -0.421. The van der Waals surface area contributed by atoms with Gasteiger partial charge in [-0.3, -0.25) is 4.79 Å². The van der Waals surface area contributed by atoms with Crippen LogP contribution in [0.2, 0.25) is 0 Å². The molecule has 0 saturated carbocycles. The number of benzene rings is 1. The van der Waals surface area contributed by atoms with Crippen molar-refractivity contribution in [1.82, 2.24) is 4.98 Å². The Hall–Kier alpha value is -2.26. The van der Waals surface area contributed by atoms with Crippen molar-refractivity contribution in [2.45, 2.75) is 24.1 Å². The Balaban J connectivity index is 2.37. The molecule has 5 nitrogen and oxygen atoms in total. The predicted molar refractivity (Wildman–Crippen MR) is 85.0 cm³/mol. The van der Waals surface area contributed by atoms with Crippen molar-refractivity contribution in [2.75, 3.05) is 13.7 Å². The number of hydrogen-bond acceptors (Lipinski definition) is 6. The van der Waals surface area contributed by atoms with Gasteiger partial charge in [-0.2, -0.15) is 5.26 Å². The summed E-state index contributed by atoms with van der Waals surface area (Å²) >= 11 is 1.23. The minimum absolute atomic E-state index is 0.312. The van der Waals surface area contributed by atoms with Crippen LogP contribution in [-0.2, 0) is 9.53 Å². The molecule has 1 aromatic carbocycles. The van der Waals surface area contributed by atoms with Crippen LogP contribution in [-0.4, -0.2) is 29.9 Å². The zero-order valence-electron chi connectivity index (χ0n) is 12.6. The fourth-order valence-corrected chi connectivity index (χ4v) is 2.79. The van der Waals surface area contributed by atoms with Gasteiger partial charge in [-0.1, -0.05) is 11.8 Å². The number of nitriles is 1. The van der Waals surface area contributed by atoms with Crippen molar-refractivity contribution in [1.29, 1.82) is 5.26 Å². The Bertz CT molecular complexity index is 740. The largest absolute Gasteiger partial charge is 0.497 e. The number of ether oxygens (including phenoxy) is 2. The van der Waals surface area contributed by atoms with Gasteiger partial charge in [-0.15, -0.1) is 0 Å². The zero-order chi connectivity index (χ0) is 16.1. The lowest BCUT2D eigenvalue weighted by Crippen LogP contribution is -2.17. The number of thioether (sulfide) groups is 1. The van der Waals surface area contributed by atoms with Gasteiger partial charge in [0.25, 0.3) is 0 Å². The van der Waals surface area contributed by atoms with Gasteiger partial charge in [0.05, 0.1) is 24.8 Å². The van der Waals surface area contributed by atoms with Gasteiger partial charge in [-0.25, -0.2) is 4.98 Å². The molecule has 6 heteroatoms. The highest BCUT2D eigenvalue weighted by atomic mass is 32.2. The number of carbonyl (C=O) groups is 1. The van der Waals surface area contributed by atoms with E-state index >= 15 is 0 Å². The molecule has 0 aliphatic rings. The summed E-state index contributed by atoms with van der Waals surface area (Å²) in [6.45, 7) is 3.83. The first kappa shape index (κ1) is 16.1. The first-order valence-corrected chi connectivity index (χ1v) is 7.69. The molecule has 0 bridgehead atoms. The number of nitrogens with zero attached hydrogens (tertiary/aromatic N) is 2. The maximum Gasteiger partial charge on any atom is 0.319 e. The summed E-state index contributed by atoms with van der Waals surface area (Å²) in [5.41, 5.74) is 1.18. The summed E-state index contributed by atoms with van der Waals surface area (Å²) < 4.78 is 10.2. The van der Waals surface area contributed by atoms with Crippen molar-refractivity contribution < 1.29 is 14.3 Å². The summed E-state index contributed by atoms with van der Waals surface area (Å²) in [5.74, 6) is 0.395. The second-order valence-electron chi connectivity index (χ2n) is 4.52. The fraction of sp³-hybridized carbons (Fsp3) is 0.312. The highest BCUT2D eigenvalue weighted by Crippen LogP contribution is 2.29. The highest BCUT2D eigenvalue weighted by Gasteiger charge is 2.19. The number of fused-ring (bicyclic) bond motifs is 1. The molecule has 0 aliphatic heterocycles. The Kier molecular flexibility index (Phi) is 5.23. The van der Waals surface area contributed by atoms with E-state index in [4.69, 9.17) is 9.47 Å². The van der Waals surface area contributed by atoms with Crippen molar-refractivity contribution in [3.05, 3.63) is 29.8 Å². The van der Waals surface area contributed by atoms with Gasteiger partial charge in [-0.05, 0) is 38.1 Å². The molecule has 0 amide bonds. The molecule has 0 aliphatic carbocycles. The number of rotatable bonds is 5. The molecule has 0 radical (unpaired) electrons. The summed E-state index contributed by atoms with van der Waals surface area (Å²) in [6.07, 6.45) is 0. The molecule has 0 saturated heterocycles. The van der Waals surface area contributed by atoms with Crippen molar-refractivity contribution in [3.8, 4) is 11.8 Å². The molecule has 1 aromatic heterocycles. The van der Waals surface area contributed by atoms with Crippen LogP contribution in [0, 0.1) is 11.3 Å². The first-order valence-electron chi connectivity index (χ1n) is 6.81. The average Bonchev–Trinajstić information content (AvgIpc) is 2.53. The first-order chi connectivity index (χ1) is 10.6. The van der Waals surface area contributed by atoms with Crippen LogP contribution in [0.15, 0.2) is 29.3 Å². The zero-order valence-corrected chi connectivity index (χ0v) is 13.4. The summed E-state index contributed by atoms with van der Waals surface area (Å²) in [6, 6.07) is 9.34. The Labute approximate surface area is 133 Å². The number of methoxy groups -OCH3 is 1. The Morgan fingerprint density at radius 2 is 2.23 bits per heavy atom. The van der Waals surface area contributed by atoms with Gasteiger partial charge >= 0.3 is 5.97 Å². The van der Waals surface area contributed by atoms with Crippen LogP contribution in [0.4, 0.5) is 0 Å². The number of hydrogen-bond donors (Lipinski definition) is 0. The fourth-order valence-electron chi connectivity index (χ4n) is 1.91. The van der Waals surface area contributed by atoms with Crippen LogP contribution < -0.4 is 4.74 Å². The lowest BCUT2D eigenvalue weighted by molar-refractivity contribution is -0.142. The minimum Gasteiger partial charge on any atom is -0.497 e. The monoisotopic (exact) mass is 316 g/mol. The molecular weight excluding hydrogens is 300 g/mol. The van der Waals surface area contributed by atoms with E-state index < -0.39 is 5.25 Å². The van der Waals surface area contributed by atoms with E-state index in [2.05, 4.69) is 11.1 Å². The second kappa shape index (κ2) is 7.14. The smallest absolute Gasteiger partial charge is 0.319 e. The topological polar surface area (TPSA) is 72.2 Å². The average molecular weight is 316 g/mol. The third-order valence-electron chi connectivity index (χ3n) is 3.01. The lowest BCUT2D eigenvalue weighted by Gasteiger charge is -2.11. The Morgan fingerprint density at radius 1 is 1.45 bits per heavy atom. The summed E-state index contributed by atoms with van der Waals surface area (Å²) in [5, 5.41) is 10.2. The van der Waals surface area contributed by atoms with E-state index in [0.29, 0.717) is 22.9 Å². The normalized spacial score (nSPS) is 11.7. The van der Waals surface area contributed by atoms with Crippen molar-refractivity contribution >= 4 is 28.6 Å². The van der Waals surface area contributed by atoms with Crippen LogP contribution in [0.25, 0.3) is 10.9 Å². The Morgan fingerprint density at radius 3 is 2.86 bits per heavy atom. The molecule has 2 rings (SSSR count). The third kappa shape index (κ3) is 3.49. The number of aromatic nitrogens is 1. The predicted octanol–water partition coefficient (Wildman–Crippen LogP) is 3.16. The van der Waals surface area contributed by atoms with E-state index in [9.17, 15) is 10.1 Å². The van der Waals surface area contributed by atoms with Gasteiger partial charge in [0.1, 0.15) is 22.1 Å². The standard InChI is InChI=1S/C16H16N2O3S/c1-4-21-16(19)10(2)22-15-12(9-17)7-11-8-13(20-3)5-6-14(11)18-15/h5-8,10H,4H2,1-3H3/t10-/m0/s1. The van der Waals surface area contributed by atoms with E-state index in [1.807, 2.05) is 18.2 Å². The van der Waals surface area contributed by atoms with Gasteiger partial charge in [0.15, 0.2) is 0 Å². The number of pyridine rings is 1. The second-order valence-corrected chi connectivity index (χ2v) is 5.85. The van der Waals surface area contributed by atoms with Crippen molar-refractivity contribution in [3.63, 3.8) is 0 Å². The SMILES string of the molecule is CCOC(=O)[C@H](C)Sc1nc2ccc(OC)cc2cc1C#N. The highest BCUT2D eigenvalue weighted by molar-refractivity contribution is 8.00. The third-order valence-corrected chi connectivity index (χ3v) is 4.09.